The SMILES string of the molecule is CC(C)=CCc1cc(/C=C(\OC(=O)Cc2ccc3c(c2)CCC(C)(C)O3)C(=O)OCC(F)(F)F)ccc1OCc1ccccc1. The number of alkyl halides is 3. The van der Waals surface area contributed by atoms with Gasteiger partial charge in [-0.25, -0.2) is 4.79 Å². The predicted molar refractivity (Wildman–Crippen MR) is 165 cm³/mol. The van der Waals surface area contributed by atoms with Crippen LogP contribution in [0.1, 0.15) is 61.9 Å². The minimum Gasteiger partial charge on any atom is -0.489 e. The summed E-state index contributed by atoms with van der Waals surface area (Å²) < 4.78 is 60.4. The fourth-order valence-electron chi connectivity index (χ4n) is 4.69. The first-order valence-electron chi connectivity index (χ1n) is 14.7. The Balaban J connectivity index is 1.57. The lowest BCUT2D eigenvalue weighted by Gasteiger charge is -2.32. The molecular formula is C36H37F3O6. The first kappa shape index (κ1) is 33.4. The van der Waals surface area contributed by atoms with Crippen LogP contribution in [0.4, 0.5) is 13.2 Å². The minimum atomic E-state index is -4.75. The van der Waals surface area contributed by atoms with Gasteiger partial charge in [-0.3, -0.25) is 4.79 Å². The number of aryl methyl sites for hydroxylation is 1. The number of carbonyl (C=O) groups excluding carboxylic acids is 2. The topological polar surface area (TPSA) is 71.1 Å². The van der Waals surface area contributed by atoms with Crippen molar-refractivity contribution in [2.24, 2.45) is 0 Å². The highest BCUT2D eigenvalue weighted by atomic mass is 19.4. The minimum absolute atomic E-state index is 0.210. The quantitative estimate of drug-likeness (QED) is 0.0932. The number of hydrogen-bond acceptors (Lipinski definition) is 6. The molecule has 0 N–H and O–H groups in total. The van der Waals surface area contributed by atoms with Crippen LogP contribution in [0.15, 0.2) is 84.1 Å². The molecule has 1 heterocycles. The number of fused-ring (bicyclic) bond motifs is 1. The molecule has 238 valence electrons. The molecule has 0 bridgehead atoms. The Hall–Kier alpha value is -4.53. The van der Waals surface area contributed by atoms with Crippen molar-refractivity contribution in [2.75, 3.05) is 6.61 Å². The number of carbonyl (C=O) groups is 2. The molecule has 0 amide bonds. The molecule has 1 aliphatic heterocycles. The maximum Gasteiger partial charge on any atom is 0.422 e. The summed E-state index contributed by atoms with van der Waals surface area (Å²) >= 11 is 0. The van der Waals surface area contributed by atoms with Gasteiger partial charge in [0, 0.05) is 0 Å². The van der Waals surface area contributed by atoms with Crippen molar-refractivity contribution in [3.8, 4) is 11.5 Å². The molecule has 0 aromatic heterocycles. The Morgan fingerprint density at radius 2 is 1.73 bits per heavy atom. The van der Waals surface area contributed by atoms with Crippen molar-refractivity contribution in [1.29, 1.82) is 0 Å². The lowest BCUT2D eigenvalue weighted by Crippen LogP contribution is -2.32. The van der Waals surface area contributed by atoms with E-state index in [1.807, 2.05) is 70.2 Å². The molecule has 6 nitrogen and oxygen atoms in total. The highest BCUT2D eigenvalue weighted by Gasteiger charge is 2.31. The molecule has 9 heteroatoms. The van der Waals surface area contributed by atoms with Gasteiger partial charge >= 0.3 is 18.1 Å². The highest BCUT2D eigenvalue weighted by Crippen LogP contribution is 2.33. The van der Waals surface area contributed by atoms with Gasteiger partial charge in [0.15, 0.2) is 6.61 Å². The average Bonchev–Trinajstić information content (AvgIpc) is 2.97. The second kappa shape index (κ2) is 14.5. The molecule has 0 fully saturated rings. The summed E-state index contributed by atoms with van der Waals surface area (Å²) in [5, 5.41) is 0. The van der Waals surface area contributed by atoms with Crippen LogP contribution in [-0.4, -0.2) is 30.3 Å². The molecule has 0 aliphatic carbocycles. The molecule has 0 unspecified atom stereocenters. The van der Waals surface area contributed by atoms with Crippen molar-refractivity contribution in [1.82, 2.24) is 0 Å². The van der Waals surface area contributed by atoms with E-state index in [0.29, 0.717) is 29.9 Å². The van der Waals surface area contributed by atoms with Crippen molar-refractivity contribution < 1.29 is 41.7 Å². The molecule has 3 aromatic carbocycles. The van der Waals surface area contributed by atoms with E-state index in [-0.39, 0.29) is 12.0 Å². The Labute approximate surface area is 261 Å². The monoisotopic (exact) mass is 622 g/mol. The van der Waals surface area contributed by atoms with E-state index >= 15 is 0 Å². The number of hydrogen-bond donors (Lipinski definition) is 0. The van der Waals surface area contributed by atoms with Crippen LogP contribution in [0.5, 0.6) is 11.5 Å². The zero-order valence-electron chi connectivity index (χ0n) is 25.8. The Bertz CT molecular complexity index is 1570. The maximum absolute atomic E-state index is 13.0. The summed E-state index contributed by atoms with van der Waals surface area (Å²) in [5.41, 5.74) is 4.52. The van der Waals surface area contributed by atoms with Crippen molar-refractivity contribution >= 4 is 18.0 Å². The van der Waals surface area contributed by atoms with Crippen LogP contribution in [-0.2, 0) is 44.9 Å². The van der Waals surface area contributed by atoms with Crippen LogP contribution in [0.2, 0.25) is 0 Å². The first-order valence-corrected chi connectivity index (χ1v) is 14.7. The molecule has 0 saturated carbocycles. The second-order valence-corrected chi connectivity index (χ2v) is 11.8. The zero-order chi connectivity index (χ0) is 32.6. The molecule has 0 atom stereocenters. The normalized spacial score (nSPS) is 14.1. The number of esters is 2. The third-order valence-corrected chi connectivity index (χ3v) is 7.00. The Morgan fingerprint density at radius 3 is 2.44 bits per heavy atom. The summed E-state index contributed by atoms with van der Waals surface area (Å²) in [6, 6.07) is 20.0. The number of ether oxygens (including phenoxy) is 4. The van der Waals surface area contributed by atoms with E-state index in [0.717, 1.165) is 40.9 Å². The summed E-state index contributed by atoms with van der Waals surface area (Å²) in [7, 11) is 0. The number of benzene rings is 3. The van der Waals surface area contributed by atoms with Crippen molar-refractivity contribution in [3.05, 3.63) is 112 Å². The van der Waals surface area contributed by atoms with Gasteiger partial charge in [0.25, 0.3) is 0 Å². The lowest BCUT2D eigenvalue weighted by atomic mass is 9.93. The fourth-order valence-corrected chi connectivity index (χ4v) is 4.69. The van der Waals surface area contributed by atoms with Crippen molar-refractivity contribution in [2.45, 2.75) is 71.8 Å². The first-order chi connectivity index (χ1) is 21.3. The van der Waals surface area contributed by atoms with E-state index in [2.05, 4.69) is 4.74 Å². The number of allylic oxidation sites excluding steroid dienone is 2. The van der Waals surface area contributed by atoms with Crippen LogP contribution >= 0.6 is 0 Å². The van der Waals surface area contributed by atoms with Gasteiger partial charge in [-0.05, 0) is 99.0 Å². The van der Waals surface area contributed by atoms with Gasteiger partial charge in [0.2, 0.25) is 5.76 Å². The molecule has 3 aromatic rings. The van der Waals surface area contributed by atoms with E-state index in [1.54, 1.807) is 30.3 Å². The van der Waals surface area contributed by atoms with Gasteiger partial charge in [0.05, 0.1) is 6.42 Å². The van der Waals surface area contributed by atoms with Gasteiger partial charge in [-0.1, -0.05) is 60.2 Å². The number of rotatable bonds is 11. The van der Waals surface area contributed by atoms with Crippen LogP contribution in [0.3, 0.4) is 0 Å². The van der Waals surface area contributed by atoms with E-state index in [1.165, 1.54) is 6.08 Å². The van der Waals surface area contributed by atoms with Crippen molar-refractivity contribution in [3.63, 3.8) is 0 Å². The molecule has 0 spiro atoms. The molecule has 0 saturated heterocycles. The molecule has 4 rings (SSSR count). The third kappa shape index (κ3) is 10.6. The van der Waals surface area contributed by atoms with Gasteiger partial charge < -0.3 is 18.9 Å². The lowest BCUT2D eigenvalue weighted by molar-refractivity contribution is -0.186. The van der Waals surface area contributed by atoms with Crippen LogP contribution in [0, 0.1) is 0 Å². The van der Waals surface area contributed by atoms with E-state index in [9.17, 15) is 22.8 Å². The Kier molecular flexibility index (Phi) is 10.8. The molecular weight excluding hydrogens is 585 g/mol. The summed E-state index contributed by atoms with van der Waals surface area (Å²) in [5.74, 6) is -1.54. The van der Waals surface area contributed by atoms with Crippen LogP contribution in [0.25, 0.3) is 6.08 Å². The largest absolute Gasteiger partial charge is 0.489 e. The van der Waals surface area contributed by atoms with Crippen LogP contribution < -0.4 is 9.47 Å². The third-order valence-electron chi connectivity index (χ3n) is 7.00. The summed E-state index contributed by atoms with van der Waals surface area (Å²) in [4.78, 5) is 25.7. The smallest absolute Gasteiger partial charge is 0.422 e. The predicted octanol–water partition coefficient (Wildman–Crippen LogP) is 8.11. The van der Waals surface area contributed by atoms with E-state index in [4.69, 9.17) is 14.2 Å². The maximum atomic E-state index is 13.0. The second-order valence-electron chi connectivity index (χ2n) is 11.8. The summed E-state index contributed by atoms with van der Waals surface area (Å²) in [6.45, 7) is 6.43. The molecule has 0 radical (unpaired) electrons. The standard InChI is InChI=1S/C36H37F3O6/c1-24(2)10-13-28-18-26(11-14-30(28)42-22-25-8-6-5-7-9-25)20-32(34(41)43-23-36(37,38)39)44-33(40)21-27-12-15-31-29(19-27)16-17-35(3,4)45-31/h5-12,14-15,18-20H,13,16-17,21-23H2,1-4H3/b32-20-. The zero-order valence-corrected chi connectivity index (χ0v) is 25.8. The number of halogens is 3. The van der Waals surface area contributed by atoms with Gasteiger partial charge in [-0.2, -0.15) is 13.2 Å². The fraction of sp³-hybridized carbons (Fsp3) is 0.333. The van der Waals surface area contributed by atoms with E-state index < -0.39 is 30.5 Å². The molecule has 1 aliphatic rings. The highest BCUT2D eigenvalue weighted by molar-refractivity contribution is 5.94. The Morgan fingerprint density at radius 1 is 0.978 bits per heavy atom. The average molecular weight is 623 g/mol. The molecule has 45 heavy (non-hydrogen) atoms. The van der Waals surface area contributed by atoms with Gasteiger partial charge in [0.1, 0.15) is 23.7 Å². The summed E-state index contributed by atoms with van der Waals surface area (Å²) in [6.07, 6.45) is 0.310. The van der Waals surface area contributed by atoms with Gasteiger partial charge in [-0.15, -0.1) is 0 Å².